The number of carbonyl (C=O) groups excluding carboxylic acids is 1. The number of aliphatic carboxylic acids is 1. The molecule has 0 amide bonds. The quantitative estimate of drug-likeness (QED) is 0.437. The number of hydrogen-bond donors (Lipinski definition) is 1. The molecule has 0 radical (unpaired) electrons. The largest absolute Gasteiger partial charge is 0.481 e. The summed E-state index contributed by atoms with van der Waals surface area (Å²) in [6.07, 6.45) is 8.47. The molecule has 4 heteroatoms. The maximum atomic E-state index is 11.8. The van der Waals surface area contributed by atoms with Crippen LogP contribution in [0.15, 0.2) is 12.2 Å². The van der Waals surface area contributed by atoms with Gasteiger partial charge in [-0.1, -0.05) is 31.9 Å². The second-order valence-electron chi connectivity index (χ2n) is 5.76. The van der Waals surface area contributed by atoms with E-state index in [4.69, 9.17) is 4.74 Å². The fourth-order valence-electron chi connectivity index (χ4n) is 3.33. The first-order valence-electron chi connectivity index (χ1n) is 7.16. The predicted octanol–water partition coefficient (Wildman–Crippen LogP) is 2.78. The van der Waals surface area contributed by atoms with Gasteiger partial charge >= 0.3 is 11.9 Å². The van der Waals surface area contributed by atoms with Crippen LogP contribution in [0.4, 0.5) is 0 Å². The summed E-state index contributed by atoms with van der Waals surface area (Å²) >= 11 is 0. The first-order chi connectivity index (χ1) is 9.08. The first-order valence-corrected chi connectivity index (χ1v) is 7.16. The lowest BCUT2D eigenvalue weighted by Gasteiger charge is -2.30. The minimum atomic E-state index is -0.915. The SMILES string of the molecule is CCCCCOC(=O)CC1(C(=O)O)CC2C=CC1C2. The van der Waals surface area contributed by atoms with Crippen molar-refractivity contribution in [3.63, 3.8) is 0 Å². The molecule has 2 rings (SSSR count). The van der Waals surface area contributed by atoms with Crippen LogP contribution in [0.2, 0.25) is 0 Å². The number of ether oxygens (including phenoxy) is 1. The molecule has 2 aliphatic carbocycles. The topological polar surface area (TPSA) is 63.6 Å². The smallest absolute Gasteiger partial charge is 0.310 e. The van der Waals surface area contributed by atoms with Crippen molar-refractivity contribution < 1.29 is 19.4 Å². The predicted molar refractivity (Wildman–Crippen MR) is 70.5 cm³/mol. The highest BCUT2D eigenvalue weighted by atomic mass is 16.5. The highest BCUT2D eigenvalue weighted by molar-refractivity contribution is 5.83. The summed E-state index contributed by atoms with van der Waals surface area (Å²) in [5.41, 5.74) is -0.915. The summed E-state index contributed by atoms with van der Waals surface area (Å²) in [5, 5.41) is 9.50. The van der Waals surface area contributed by atoms with Crippen LogP contribution >= 0.6 is 0 Å². The molecule has 2 bridgehead atoms. The standard InChI is InChI=1S/C15H22O4/c1-2-3-4-7-19-13(16)10-15(14(17)18)9-11-5-6-12(15)8-11/h5-6,11-12H,2-4,7-10H2,1H3,(H,17,18). The van der Waals surface area contributed by atoms with Gasteiger partial charge in [0, 0.05) is 0 Å². The van der Waals surface area contributed by atoms with Crippen LogP contribution in [-0.4, -0.2) is 23.7 Å². The zero-order valence-corrected chi connectivity index (χ0v) is 11.4. The third-order valence-electron chi connectivity index (χ3n) is 4.41. The molecule has 3 atom stereocenters. The number of unbranched alkanes of at least 4 members (excludes halogenated alkanes) is 2. The van der Waals surface area contributed by atoms with Crippen molar-refractivity contribution in [1.82, 2.24) is 0 Å². The zero-order valence-electron chi connectivity index (χ0n) is 11.4. The fraction of sp³-hybridized carbons (Fsp3) is 0.733. The Bertz CT molecular complexity index is 388. The number of fused-ring (bicyclic) bond motifs is 2. The summed E-state index contributed by atoms with van der Waals surface area (Å²) in [6, 6.07) is 0. The maximum Gasteiger partial charge on any atom is 0.310 e. The van der Waals surface area contributed by atoms with Crippen LogP contribution < -0.4 is 0 Å². The van der Waals surface area contributed by atoms with E-state index in [2.05, 4.69) is 13.0 Å². The van der Waals surface area contributed by atoms with Crippen molar-refractivity contribution in [2.75, 3.05) is 6.61 Å². The van der Waals surface area contributed by atoms with Crippen molar-refractivity contribution in [2.24, 2.45) is 17.3 Å². The molecule has 0 aromatic rings. The minimum Gasteiger partial charge on any atom is -0.481 e. The molecule has 106 valence electrons. The van der Waals surface area contributed by atoms with Crippen molar-refractivity contribution in [3.05, 3.63) is 12.2 Å². The molecule has 1 N–H and O–H groups in total. The molecule has 0 aliphatic heterocycles. The molecule has 0 spiro atoms. The molecular formula is C15H22O4. The van der Waals surface area contributed by atoms with Gasteiger partial charge < -0.3 is 9.84 Å². The van der Waals surface area contributed by atoms with Gasteiger partial charge in [0.1, 0.15) is 0 Å². The second kappa shape index (κ2) is 5.76. The molecule has 0 aromatic carbocycles. The Labute approximate surface area is 113 Å². The lowest BCUT2D eigenvalue weighted by molar-refractivity contribution is -0.160. The third kappa shape index (κ3) is 2.82. The van der Waals surface area contributed by atoms with Crippen molar-refractivity contribution >= 4 is 11.9 Å². The van der Waals surface area contributed by atoms with E-state index in [1.165, 1.54) is 0 Å². The highest BCUT2D eigenvalue weighted by Gasteiger charge is 2.54. The Morgan fingerprint density at radius 1 is 1.37 bits per heavy atom. The number of carboxylic acids is 1. The number of hydrogen-bond acceptors (Lipinski definition) is 3. The van der Waals surface area contributed by atoms with Gasteiger partial charge in [-0.25, -0.2) is 0 Å². The lowest BCUT2D eigenvalue weighted by atomic mass is 9.73. The summed E-state index contributed by atoms with van der Waals surface area (Å²) in [4.78, 5) is 23.4. The van der Waals surface area contributed by atoms with E-state index >= 15 is 0 Å². The average molecular weight is 266 g/mol. The van der Waals surface area contributed by atoms with E-state index in [0.29, 0.717) is 18.9 Å². The molecule has 1 saturated carbocycles. The van der Waals surface area contributed by atoms with Gasteiger partial charge in [0.25, 0.3) is 0 Å². The molecular weight excluding hydrogens is 244 g/mol. The van der Waals surface area contributed by atoms with Gasteiger partial charge in [0.2, 0.25) is 0 Å². The molecule has 2 aliphatic rings. The summed E-state index contributed by atoms with van der Waals surface area (Å²) in [5.74, 6) is -0.888. The minimum absolute atomic E-state index is 0.00167. The molecule has 1 fully saturated rings. The van der Waals surface area contributed by atoms with Crippen LogP contribution in [0, 0.1) is 17.3 Å². The van der Waals surface area contributed by atoms with Crippen LogP contribution in [0.1, 0.15) is 45.4 Å². The van der Waals surface area contributed by atoms with Gasteiger partial charge in [0.05, 0.1) is 18.4 Å². The zero-order chi connectivity index (χ0) is 13.9. The van der Waals surface area contributed by atoms with E-state index in [1.54, 1.807) is 0 Å². The van der Waals surface area contributed by atoms with E-state index < -0.39 is 11.4 Å². The number of carbonyl (C=O) groups is 2. The molecule has 0 heterocycles. The number of allylic oxidation sites excluding steroid dienone is 2. The van der Waals surface area contributed by atoms with Crippen LogP contribution in [0.3, 0.4) is 0 Å². The van der Waals surface area contributed by atoms with Crippen LogP contribution in [0.5, 0.6) is 0 Å². The van der Waals surface area contributed by atoms with E-state index in [0.717, 1.165) is 25.7 Å². The van der Waals surface area contributed by atoms with E-state index in [9.17, 15) is 14.7 Å². The van der Waals surface area contributed by atoms with Crippen molar-refractivity contribution in [1.29, 1.82) is 0 Å². The van der Waals surface area contributed by atoms with Crippen molar-refractivity contribution in [2.45, 2.75) is 45.4 Å². The van der Waals surface area contributed by atoms with Gasteiger partial charge in [0.15, 0.2) is 0 Å². The maximum absolute atomic E-state index is 11.8. The summed E-state index contributed by atoms with van der Waals surface area (Å²) < 4.78 is 5.16. The molecule has 0 aromatic heterocycles. The van der Waals surface area contributed by atoms with E-state index in [1.807, 2.05) is 6.08 Å². The Morgan fingerprint density at radius 2 is 2.16 bits per heavy atom. The number of esters is 1. The number of rotatable bonds is 7. The number of carboxylic acid groups (broad SMARTS) is 1. The fourth-order valence-corrected chi connectivity index (χ4v) is 3.33. The second-order valence-corrected chi connectivity index (χ2v) is 5.76. The van der Waals surface area contributed by atoms with Crippen molar-refractivity contribution in [3.8, 4) is 0 Å². The van der Waals surface area contributed by atoms with Gasteiger partial charge in [-0.2, -0.15) is 0 Å². The molecule has 3 unspecified atom stereocenters. The monoisotopic (exact) mass is 266 g/mol. The van der Waals surface area contributed by atoms with Crippen LogP contribution in [0.25, 0.3) is 0 Å². The first kappa shape index (κ1) is 14.1. The van der Waals surface area contributed by atoms with Crippen LogP contribution in [-0.2, 0) is 14.3 Å². The normalized spacial score (nSPS) is 31.6. The Morgan fingerprint density at radius 3 is 2.68 bits per heavy atom. The Hall–Kier alpha value is -1.32. The summed E-state index contributed by atoms with van der Waals surface area (Å²) in [6.45, 7) is 2.50. The third-order valence-corrected chi connectivity index (χ3v) is 4.41. The molecule has 0 saturated heterocycles. The highest BCUT2D eigenvalue weighted by Crippen LogP contribution is 2.54. The average Bonchev–Trinajstić information content (AvgIpc) is 2.95. The van der Waals surface area contributed by atoms with E-state index in [-0.39, 0.29) is 18.3 Å². The Balaban J connectivity index is 1.90. The molecule has 4 nitrogen and oxygen atoms in total. The van der Waals surface area contributed by atoms with Gasteiger partial charge in [-0.15, -0.1) is 0 Å². The van der Waals surface area contributed by atoms with Gasteiger partial charge in [-0.3, -0.25) is 9.59 Å². The summed E-state index contributed by atoms with van der Waals surface area (Å²) in [7, 11) is 0. The van der Waals surface area contributed by atoms with Gasteiger partial charge in [-0.05, 0) is 31.1 Å². The molecule has 19 heavy (non-hydrogen) atoms. The Kier molecular flexibility index (Phi) is 4.27. The lowest BCUT2D eigenvalue weighted by Crippen LogP contribution is -2.37.